The number of nitriles is 1. The maximum atomic E-state index is 10.1. The van der Waals surface area contributed by atoms with Gasteiger partial charge in [0, 0.05) is 21.7 Å². The van der Waals surface area contributed by atoms with Crippen molar-refractivity contribution in [2.75, 3.05) is 0 Å². The van der Waals surface area contributed by atoms with Gasteiger partial charge >= 0.3 is 0 Å². The largest absolute Gasteiger partial charge is 0.506 e. The SMILES string of the molecule is CC(C)(C)[C@@H]1CCc2c(sc(N=Cc3cc(Cl)cc(Cl)c3O)c2C#N)C1. The average Bonchev–Trinajstić information content (AvgIpc) is 2.92. The molecule has 3 nitrogen and oxygen atoms in total. The first-order chi connectivity index (χ1) is 12.2. The van der Waals surface area contributed by atoms with E-state index in [4.69, 9.17) is 23.2 Å². The van der Waals surface area contributed by atoms with E-state index < -0.39 is 0 Å². The second-order valence-corrected chi connectivity index (χ2v) is 9.61. The summed E-state index contributed by atoms with van der Waals surface area (Å²) in [5.41, 5.74) is 2.48. The molecule has 1 heterocycles. The van der Waals surface area contributed by atoms with Crippen LogP contribution in [0.2, 0.25) is 10.0 Å². The maximum absolute atomic E-state index is 10.1. The van der Waals surface area contributed by atoms with Crippen LogP contribution in [0.25, 0.3) is 0 Å². The summed E-state index contributed by atoms with van der Waals surface area (Å²) >= 11 is 13.5. The molecule has 0 fully saturated rings. The van der Waals surface area contributed by atoms with E-state index in [1.54, 1.807) is 17.4 Å². The number of hydrogen-bond acceptors (Lipinski definition) is 4. The van der Waals surface area contributed by atoms with Crippen LogP contribution in [0.15, 0.2) is 17.1 Å². The summed E-state index contributed by atoms with van der Waals surface area (Å²) in [5.74, 6) is 0.542. The lowest BCUT2D eigenvalue weighted by Gasteiger charge is -2.33. The third-order valence-electron chi connectivity index (χ3n) is 4.96. The van der Waals surface area contributed by atoms with E-state index in [2.05, 4.69) is 31.8 Å². The normalized spacial score (nSPS) is 17.3. The smallest absolute Gasteiger partial charge is 0.143 e. The van der Waals surface area contributed by atoms with Crippen LogP contribution in [-0.2, 0) is 12.8 Å². The number of benzene rings is 1. The zero-order valence-electron chi connectivity index (χ0n) is 14.9. The molecule has 6 heteroatoms. The summed E-state index contributed by atoms with van der Waals surface area (Å²) in [6.07, 6.45) is 4.52. The maximum Gasteiger partial charge on any atom is 0.143 e. The number of halogens is 2. The Labute approximate surface area is 167 Å². The summed E-state index contributed by atoms with van der Waals surface area (Å²) < 4.78 is 0. The van der Waals surface area contributed by atoms with Gasteiger partial charge in [0.25, 0.3) is 0 Å². The molecule has 1 aromatic carbocycles. The molecule has 0 saturated carbocycles. The van der Waals surface area contributed by atoms with Gasteiger partial charge in [0.1, 0.15) is 16.8 Å². The highest BCUT2D eigenvalue weighted by Crippen LogP contribution is 2.45. The number of rotatable bonds is 2. The summed E-state index contributed by atoms with van der Waals surface area (Å²) in [7, 11) is 0. The van der Waals surface area contributed by atoms with Gasteiger partial charge in [-0.3, -0.25) is 0 Å². The quantitative estimate of drug-likeness (QED) is 0.575. The van der Waals surface area contributed by atoms with Crippen LogP contribution in [0, 0.1) is 22.7 Å². The third-order valence-corrected chi connectivity index (χ3v) is 6.63. The average molecular weight is 407 g/mol. The fourth-order valence-electron chi connectivity index (χ4n) is 3.33. The zero-order valence-corrected chi connectivity index (χ0v) is 17.3. The van der Waals surface area contributed by atoms with Gasteiger partial charge in [-0.15, -0.1) is 11.3 Å². The molecule has 136 valence electrons. The lowest BCUT2D eigenvalue weighted by molar-refractivity contribution is 0.218. The van der Waals surface area contributed by atoms with Gasteiger partial charge in [0.2, 0.25) is 0 Å². The van der Waals surface area contributed by atoms with Crippen molar-refractivity contribution in [3.63, 3.8) is 0 Å². The van der Waals surface area contributed by atoms with E-state index in [1.165, 1.54) is 17.2 Å². The van der Waals surface area contributed by atoms with Crippen LogP contribution in [-0.4, -0.2) is 11.3 Å². The number of hydrogen-bond donors (Lipinski definition) is 1. The van der Waals surface area contributed by atoms with Crippen molar-refractivity contribution < 1.29 is 5.11 Å². The summed E-state index contributed by atoms with van der Waals surface area (Å²) in [6.45, 7) is 6.81. The second kappa shape index (κ2) is 7.23. The molecule has 0 bridgehead atoms. The topological polar surface area (TPSA) is 56.4 Å². The van der Waals surface area contributed by atoms with Crippen molar-refractivity contribution in [2.45, 2.75) is 40.0 Å². The molecule has 0 saturated heterocycles. The highest BCUT2D eigenvalue weighted by molar-refractivity contribution is 7.16. The minimum atomic E-state index is -0.0626. The molecule has 3 rings (SSSR count). The van der Waals surface area contributed by atoms with Gasteiger partial charge < -0.3 is 5.11 Å². The van der Waals surface area contributed by atoms with Crippen molar-refractivity contribution >= 4 is 45.8 Å². The van der Waals surface area contributed by atoms with Crippen molar-refractivity contribution in [3.05, 3.63) is 43.7 Å². The first kappa shape index (κ1) is 19.2. The van der Waals surface area contributed by atoms with E-state index in [0.717, 1.165) is 24.8 Å². The van der Waals surface area contributed by atoms with Gasteiger partial charge in [0.15, 0.2) is 0 Å². The van der Waals surface area contributed by atoms with E-state index in [1.807, 2.05) is 0 Å². The first-order valence-electron chi connectivity index (χ1n) is 8.47. The fourth-order valence-corrected chi connectivity index (χ4v) is 5.06. The van der Waals surface area contributed by atoms with Gasteiger partial charge in [-0.2, -0.15) is 5.26 Å². The van der Waals surface area contributed by atoms with Crippen LogP contribution < -0.4 is 0 Å². The third kappa shape index (κ3) is 3.76. The molecule has 26 heavy (non-hydrogen) atoms. The van der Waals surface area contributed by atoms with Crippen LogP contribution in [0.5, 0.6) is 5.75 Å². The monoisotopic (exact) mass is 406 g/mol. The van der Waals surface area contributed by atoms with Gasteiger partial charge in [-0.05, 0) is 48.3 Å². The predicted molar refractivity (Wildman–Crippen MR) is 109 cm³/mol. The van der Waals surface area contributed by atoms with E-state index >= 15 is 0 Å². The zero-order chi connectivity index (χ0) is 19.1. The summed E-state index contributed by atoms with van der Waals surface area (Å²) in [6, 6.07) is 5.39. The molecule has 0 radical (unpaired) electrons. The number of nitrogens with zero attached hydrogens (tertiary/aromatic N) is 2. The van der Waals surface area contributed by atoms with Crippen molar-refractivity contribution in [3.8, 4) is 11.8 Å². The molecule has 1 N–H and O–H groups in total. The number of fused-ring (bicyclic) bond motifs is 1. The number of aliphatic imine (C=N–C) groups is 1. The molecule has 1 aliphatic carbocycles. The Morgan fingerprint density at radius 1 is 1.35 bits per heavy atom. The molecule has 0 unspecified atom stereocenters. The van der Waals surface area contributed by atoms with Crippen LogP contribution in [0.1, 0.15) is 48.8 Å². The standard InChI is InChI=1S/C20H20Cl2N2OS/c1-20(2,3)12-4-5-14-15(9-23)19(26-17(14)7-12)24-10-11-6-13(21)8-16(22)18(11)25/h6,8,10,12,25H,4-5,7H2,1-3H3/t12-/m1/s1. The first-order valence-corrected chi connectivity index (χ1v) is 10.0. The van der Waals surface area contributed by atoms with Crippen molar-refractivity contribution in [2.24, 2.45) is 16.3 Å². The van der Waals surface area contributed by atoms with Gasteiger partial charge in [-0.1, -0.05) is 44.0 Å². The highest BCUT2D eigenvalue weighted by Gasteiger charge is 2.32. The van der Waals surface area contributed by atoms with E-state index in [-0.39, 0.29) is 16.2 Å². The summed E-state index contributed by atoms with van der Waals surface area (Å²) in [4.78, 5) is 5.73. The Hall–Kier alpha value is -1.54. The number of thiophene rings is 1. The second-order valence-electron chi connectivity index (χ2n) is 7.69. The number of phenols is 1. The lowest BCUT2D eigenvalue weighted by Crippen LogP contribution is -2.26. The molecule has 0 spiro atoms. The molecule has 1 aliphatic rings. The Morgan fingerprint density at radius 3 is 2.73 bits per heavy atom. The van der Waals surface area contributed by atoms with Gasteiger partial charge in [0.05, 0.1) is 10.6 Å². The molecule has 1 aromatic heterocycles. The minimum absolute atomic E-state index is 0.0626. The lowest BCUT2D eigenvalue weighted by atomic mass is 9.72. The Balaban J connectivity index is 1.96. The predicted octanol–water partition coefficient (Wildman–Crippen LogP) is 6.53. The molecular weight excluding hydrogens is 387 g/mol. The summed E-state index contributed by atoms with van der Waals surface area (Å²) in [5, 5.41) is 21.0. The molecule has 0 aliphatic heterocycles. The fraction of sp³-hybridized carbons (Fsp3) is 0.400. The highest BCUT2D eigenvalue weighted by atomic mass is 35.5. The van der Waals surface area contributed by atoms with Gasteiger partial charge in [-0.25, -0.2) is 4.99 Å². The Morgan fingerprint density at radius 2 is 2.08 bits per heavy atom. The number of aromatic hydroxyl groups is 1. The van der Waals surface area contributed by atoms with E-state index in [9.17, 15) is 10.4 Å². The molecule has 0 amide bonds. The molecule has 2 aromatic rings. The van der Waals surface area contributed by atoms with Crippen molar-refractivity contribution in [1.29, 1.82) is 5.26 Å². The Kier molecular flexibility index (Phi) is 5.35. The minimum Gasteiger partial charge on any atom is -0.506 e. The van der Waals surface area contributed by atoms with Crippen LogP contribution >= 0.6 is 34.5 Å². The Bertz CT molecular complexity index is 919. The van der Waals surface area contributed by atoms with Crippen molar-refractivity contribution in [1.82, 2.24) is 0 Å². The number of phenolic OH excluding ortho intramolecular Hbond substituents is 1. The van der Waals surface area contributed by atoms with E-state index in [0.29, 0.717) is 27.1 Å². The van der Waals surface area contributed by atoms with Crippen LogP contribution in [0.3, 0.4) is 0 Å². The molecule has 1 atom stereocenters. The molecular formula is C20H20Cl2N2OS. The van der Waals surface area contributed by atoms with Crippen LogP contribution in [0.4, 0.5) is 5.00 Å².